The second-order valence-electron chi connectivity index (χ2n) is 3.65. The molecule has 1 heterocycles. The van der Waals surface area contributed by atoms with E-state index in [0.29, 0.717) is 4.31 Å². The third kappa shape index (κ3) is 3.14. The number of sulfonamides is 1. The summed E-state index contributed by atoms with van der Waals surface area (Å²) < 4.78 is 28.3. The fraction of sp³-hybridized carbons (Fsp3) is 0.750. The standard InChI is InChI=1S/C8H13NO7S/c1-16-7(11)4-17(14,15)9-3-5(10)2-6(9)8(12)13/h5-6,10H,2-4H2,1H3,(H,12,13)/t5?,6-/m0/s1. The molecule has 0 amide bonds. The van der Waals surface area contributed by atoms with E-state index in [0.717, 1.165) is 7.11 Å². The molecule has 9 heteroatoms. The fourth-order valence-electron chi connectivity index (χ4n) is 1.61. The Morgan fingerprint density at radius 1 is 1.47 bits per heavy atom. The zero-order valence-electron chi connectivity index (χ0n) is 9.07. The van der Waals surface area contributed by atoms with Crippen LogP contribution in [0.1, 0.15) is 6.42 Å². The van der Waals surface area contributed by atoms with Crippen LogP contribution in [0.5, 0.6) is 0 Å². The van der Waals surface area contributed by atoms with Gasteiger partial charge in [0.1, 0.15) is 6.04 Å². The Bertz CT molecular complexity index is 418. The van der Waals surface area contributed by atoms with Gasteiger partial charge in [-0.15, -0.1) is 0 Å². The molecule has 98 valence electrons. The number of esters is 1. The minimum Gasteiger partial charge on any atom is -0.480 e. The summed E-state index contributed by atoms with van der Waals surface area (Å²) in [5, 5.41) is 18.1. The number of nitrogens with zero attached hydrogens (tertiary/aromatic N) is 1. The maximum absolute atomic E-state index is 11.7. The monoisotopic (exact) mass is 267 g/mol. The summed E-state index contributed by atoms with van der Waals surface area (Å²) in [6.45, 7) is -0.323. The molecule has 0 aromatic heterocycles. The molecule has 1 unspecified atom stereocenters. The summed E-state index contributed by atoms with van der Waals surface area (Å²) in [5.41, 5.74) is 0. The summed E-state index contributed by atoms with van der Waals surface area (Å²) in [7, 11) is -3.05. The van der Waals surface area contributed by atoms with Crippen molar-refractivity contribution in [2.45, 2.75) is 18.6 Å². The second-order valence-corrected chi connectivity index (χ2v) is 5.57. The third-order valence-electron chi connectivity index (χ3n) is 2.40. The average Bonchev–Trinajstić information content (AvgIpc) is 2.60. The molecule has 8 nitrogen and oxygen atoms in total. The molecule has 1 aliphatic rings. The number of ether oxygens (including phenoxy) is 1. The van der Waals surface area contributed by atoms with Gasteiger partial charge in [0.2, 0.25) is 10.0 Å². The highest BCUT2D eigenvalue weighted by Crippen LogP contribution is 2.22. The maximum atomic E-state index is 11.7. The molecule has 0 radical (unpaired) electrons. The minimum atomic E-state index is -4.08. The van der Waals surface area contributed by atoms with E-state index in [1.807, 2.05) is 0 Å². The van der Waals surface area contributed by atoms with E-state index in [-0.39, 0.29) is 13.0 Å². The minimum absolute atomic E-state index is 0.185. The van der Waals surface area contributed by atoms with Gasteiger partial charge in [-0.3, -0.25) is 9.59 Å². The van der Waals surface area contributed by atoms with E-state index >= 15 is 0 Å². The van der Waals surface area contributed by atoms with Crippen molar-refractivity contribution >= 4 is 22.0 Å². The van der Waals surface area contributed by atoms with Crippen molar-refractivity contribution in [1.82, 2.24) is 4.31 Å². The van der Waals surface area contributed by atoms with Crippen molar-refractivity contribution in [2.24, 2.45) is 0 Å². The van der Waals surface area contributed by atoms with Gasteiger partial charge in [-0.1, -0.05) is 0 Å². The lowest BCUT2D eigenvalue weighted by molar-refractivity contribution is -0.141. The Balaban J connectivity index is 2.90. The lowest BCUT2D eigenvalue weighted by Gasteiger charge is -2.19. The Labute approximate surface area is 97.8 Å². The topological polar surface area (TPSA) is 121 Å². The number of aliphatic hydroxyl groups excluding tert-OH is 1. The lowest BCUT2D eigenvalue weighted by Crippen LogP contribution is -2.43. The molecule has 1 fully saturated rings. The summed E-state index contributed by atoms with van der Waals surface area (Å²) in [6, 6.07) is -1.33. The van der Waals surface area contributed by atoms with Crippen LogP contribution in [-0.2, 0) is 24.3 Å². The van der Waals surface area contributed by atoms with Gasteiger partial charge >= 0.3 is 11.9 Å². The predicted molar refractivity (Wildman–Crippen MR) is 54.6 cm³/mol. The van der Waals surface area contributed by atoms with E-state index in [2.05, 4.69) is 4.74 Å². The van der Waals surface area contributed by atoms with Crippen LogP contribution in [0.4, 0.5) is 0 Å². The van der Waals surface area contributed by atoms with Crippen molar-refractivity contribution < 1.29 is 33.0 Å². The Morgan fingerprint density at radius 2 is 2.06 bits per heavy atom. The van der Waals surface area contributed by atoms with E-state index in [1.54, 1.807) is 0 Å². The van der Waals surface area contributed by atoms with Crippen molar-refractivity contribution in [2.75, 3.05) is 19.4 Å². The van der Waals surface area contributed by atoms with Gasteiger partial charge in [0.05, 0.1) is 13.2 Å². The molecule has 0 saturated carbocycles. The first-order valence-corrected chi connectivity index (χ1v) is 6.36. The van der Waals surface area contributed by atoms with Crippen LogP contribution >= 0.6 is 0 Å². The number of β-amino-alcohol motifs (C(OH)–C–C–N with tert-alkyl or cyclic N) is 1. The van der Waals surface area contributed by atoms with Crippen LogP contribution in [0.2, 0.25) is 0 Å². The number of carboxylic acid groups (broad SMARTS) is 1. The number of hydrogen-bond acceptors (Lipinski definition) is 6. The second kappa shape index (κ2) is 4.98. The molecule has 1 aliphatic heterocycles. The first-order valence-electron chi connectivity index (χ1n) is 4.75. The summed E-state index contributed by atoms with van der Waals surface area (Å²) in [4.78, 5) is 21.7. The zero-order valence-corrected chi connectivity index (χ0v) is 9.88. The maximum Gasteiger partial charge on any atom is 0.322 e. The highest BCUT2D eigenvalue weighted by molar-refractivity contribution is 7.89. The molecule has 0 aromatic rings. The summed E-state index contributed by atoms with van der Waals surface area (Å²) in [6.07, 6.45) is -1.22. The zero-order chi connectivity index (χ0) is 13.2. The number of rotatable bonds is 4. The first kappa shape index (κ1) is 13.9. The van der Waals surface area contributed by atoms with Gasteiger partial charge in [0.15, 0.2) is 5.75 Å². The fourth-order valence-corrected chi connectivity index (χ4v) is 3.15. The van der Waals surface area contributed by atoms with E-state index in [9.17, 15) is 23.1 Å². The van der Waals surface area contributed by atoms with Crippen LogP contribution in [0.25, 0.3) is 0 Å². The number of carbonyl (C=O) groups is 2. The molecule has 0 aliphatic carbocycles. The van der Waals surface area contributed by atoms with E-state index in [1.165, 1.54) is 0 Å². The van der Waals surface area contributed by atoms with Gasteiger partial charge in [-0.2, -0.15) is 4.31 Å². The van der Waals surface area contributed by atoms with Crippen LogP contribution in [0, 0.1) is 0 Å². The molecule has 0 spiro atoms. The number of aliphatic hydroxyl groups is 1. The normalized spacial score (nSPS) is 25.8. The molecule has 17 heavy (non-hydrogen) atoms. The number of aliphatic carboxylic acids is 1. The Hall–Kier alpha value is -1.19. The van der Waals surface area contributed by atoms with Gasteiger partial charge in [-0.25, -0.2) is 8.42 Å². The number of carbonyl (C=O) groups excluding carboxylic acids is 1. The molecule has 1 saturated heterocycles. The average molecular weight is 267 g/mol. The highest BCUT2D eigenvalue weighted by Gasteiger charge is 2.43. The van der Waals surface area contributed by atoms with Crippen LogP contribution < -0.4 is 0 Å². The van der Waals surface area contributed by atoms with Crippen molar-refractivity contribution in [3.8, 4) is 0 Å². The molecular formula is C8H13NO7S. The van der Waals surface area contributed by atoms with Crippen LogP contribution in [0.3, 0.4) is 0 Å². The third-order valence-corrected chi connectivity index (χ3v) is 4.12. The lowest BCUT2D eigenvalue weighted by atomic mass is 10.2. The predicted octanol–water partition coefficient (Wildman–Crippen LogP) is -1.99. The molecule has 0 bridgehead atoms. The number of carboxylic acids is 1. The largest absolute Gasteiger partial charge is 0.480 e. The van der Waals surface area contributed by atoms with Gasteiger partial charge in [0, 0.05) is 13.0 Å². The number of methoxy groups -OCH3 is 1. The van der Waals surface area contributed by atoms with Gasteiger partial charge < -0.3 is 14.9 Å². The molecule has 0 aromatic carbocycles. The molecular weight excluding hydrogens is 254 g/mol. The summed E-state index contributed by atoms with van der Waals surface area (Å²) >= 11 is 0. The first-order chi connectivity index (χ1) is 7.77. The van der Waals surface area contributed by atoms with Gasteiger partial charge in [-0.05, 0) is 0 Å². The summed E-state index contributed by atoms with van der Waals surface area (Å²) in [5.74, 6) is -3.26. The van der Waals surface area contributed by atoms with Crippen molar-refractivity contribution in [1.29, 1.82) is 0 Å². The molecule has 2 atom stereocenters. The SMILES string of the molecule is COC(=O)CS(=O)(=O)N1CC(O)C[C@H]1C(=O)O. The van der Waals surface area contributed by atoms with E-state index < -0.39 is 39.9 Å². The Kier molecular flexibility index (Phi) is 4.07. The smallest absolute Gasteiger partial charge is 0.322 e. The quantitative estimate of drug-likeness (QED) is 0.565. The van der Waals surface area contributed by atoms with Crippen molar-refractivity contribution in [3.63, 3.8) is 0 Å². The Morgan fingerprint density at radius 3 is 2.53 bits per heavy atom. The van der Waals surface area contributed by atoms with Crippen LogP contribution in [0.15, 0.2) is 0 Å². The highest BCUT2D eigenvalue weighted by atomic mass is 32.2. The number of hydrogen-bond donors (Lipinski definition) is 2. The molecule has 1 rings (SSSR count). The van der Waals surface area contributed by atoms with E-state index in [4.69, 9.17) is 5.11 Å². The van der Waals surface area contributed by atoms with Crippen molar-refractivity contribution in [3.05, 3.63) is 0 Å². The van der Waals surface area contributed by atoms with Crippen LogP contribution in [-0.4, -0.2) is 66.4 Å². The van der Waals surface area contributed by atoms with Gasteiger partial charge in [0.25, 0.3) is 0 Å². The molecule has 2 N–H and O–H groups in total.